The maximum absolute atomic E-state index is 6.57. The van der Waals surface area contributed by atoms with Crippen molar-refractivity contribution >= 4 is 39.0 Å². The van der Waals surface area contributed by atoms with Crippen LogP contribution in [0.5, 0.6) is 0 Å². The number of fused-ring (bicyclic) bond motifs is 16. The minimum atomic E-state index is 0.0632. The average Bonchev–Trinajstić information content (AvgIpc) is 3.84. The minimum Gasteiger partial charge on any atom is -0.456 e. The lowest BCUT2D eigenvalue weighted by Crippen LogP contribution is -2.48. The zero-order chi connectivity index (χ0) is 36.3. The molecular weight excluding hydrogens is 667 g/mol. The molecule has 0 saturated heterocycles. The first-order chi connectivity index (χ1) is 27.2. The van der Waals surface area contributed by atoms with Crippen LogP contribution in [0.15, 0.2) is 132 Å². The third-order valence-corrected chi connectivity index (χ3v) is 15.4. The SMILES string of the molecule is CCC1CC2CCCC(C2)C12c1ccccc1-c1ccc(N(c3ccc4c(c3)C3(CCCCC3)c3ccccc3-4)c3ccc4c(c3)oc3ccccc34)cc12. The molecule has 2 spiro atoms. The number of furan rings is 1. The first-order valence-electron chi connectivity index (χ1n) is 21.4. The van der Waals surface area contributed by atoms with Crippen molar-refractivity contribution in [1.82, 2.24) is 0 Å². The molecule has 4 atom stereocenters. The molecule has 2 heteroatoms. The summed E-state index contributed by atoms with van der Waals surface area (Å²) in [6, 6.07) is 49.2. The monoisotopic (exact) mass is 715 g/mol. The van der Waals surface area contributed by atoms with E-state index in [9.17, 15) is 0 Å². The molecule has 0 radical (unpaired) electrons. The summed E-state index contributed by atoms with van der Waals surface area (Å²) in [5.41, 5.74) is 17.7. The Hall–Kier alpha value is -5.08. The summed E-state index contributed by atoms with van der Waals surface area (Å²) in [6.45, 7) is 2.47. The lowest BCUT2D eigenvalue weighted by molar-refractivity contribution is 0.0557. The summed E-state index contributed by atoms with van der Waals surface area (Å²) < 4.78 is 6.57. The Morgan fingerprint density at radius 2 is 1.18 bits per heavy atom. The first-order valence-corrected chi connectivity index (χ1v) is 21.4. The number of para-hydroxylation sites is 1. The standard InChI is InChI=1S/C53H49NO/c1-2-35-29-34-13-12-14-36(30-34)53(35)47-19-8-5-16-41(47)43-25-22-38(32-49(43)53)54(39-23-26-45-44-17-6-9-20-50(44)55-51(45)33-39)37-21-24-42-40-15-4-7-18-46(40)52(48(42)31-37)27-10-3-11-28-52/h4-9,15-26,31-36H,2-3,10-14,27-30H2,1H3. The van der Waals surface area contributed by atoms with Crippen LogP contribution in [0.2, 0.25) is 0 Å². The van der Waals surface area contributed by atoms with E-state index in [-0.39, 0.29) is 10.8 Å². The van der Waals surface area contributed by atoms with E-state index in [2.05, 4.69) is 139 Å². The van der Waals surface area contributed by atoms with Crippen molar-refractivity contribution in [1.29, 1.82) is 0 Å². The molecule has 0 N–H and O–H groups in total. The Bertz CT molecular complexity index is 2650. The summed E-state index contributed by atoms with van der Waals surface area (Å²) in [5, 5.41) is 2.35. The molecule has 0 amide bonds. The number of rotatable bonds is 4. The number of anilines is 3. The van der Waals surface area contributed by atoms with E-state index in [0.717, 1.165) is 22.8 Å². The second-order valence-electron chi connectivity index (χ2n) is 17.7. The normalized spacial score (nSPS) is 24.2. The molecule has 5 aliphatic carbocycles. The number of hydrogen-bond donors (Lipinski definition) is 0. The van der Waals surface area contributed by atoms with Gasteiger partial charge in [-0.15, -0.1) is 0 Å². The molecule has 55 heavy (non-hydrogen) atoms. The van der Waals surface area contributed by atoms with E-state index in [1.165, 1.54) is 121 Å². The van der Waals surface area contributed by atoms with Crippen LogP contribution in [-0.4, -0.2) is 0 Å². The predicted octanol–water partition coefficient (Wildman–Crippen LogP) is 14.8. The van der Waals surface area contributed by atoms with Crippen molar-refractivity contribution in [3.63, 3.8) is 0 Å². The van der Waals surface area contributed by atoms with Gasteiger partial charge in [-0.05, 0) is 137 Å². The van der Waals surface area contributed by atoms with Crippen LogP contribution in [-0.2, 0) is 10.8 Å². The second kappa shape index (κ2) is 12.0. The molecule has 5 aliphatic rings. The zero-order valence-electron chi connectivity index (χ0n) is 32.0. The third-order valence-electron chi connectivity index (χ3n) is 15.4. The summed E-state index contributed by atoms with van der Waals surface area (Å²) in [7, 11) is 0. The van der Waals surface area contributed by atoms with Gasteiger partial charge in [0.25, 0.3) is 0 Å². The van der Waals surface area contributed by atoms with Crippen LogP contribution in [0.4, 0.5) is 17.1 Å². The van der Waals surface area contributed by atoms with Crippen LogP contribution in [0.3, 0.4) is 0 Å². The molecule has 3 saturated carbocycles. The van der Waals surface area contributed by atoms with Crippen LogP contribution < -0.4 is 4.90 Å². The summed E-state index contributed by atoms with van der Waals surface area (Å²) >= 11 is 0. The first kappa shape index (κ1) is 32.2. The van der Waals surface area contributed by atoms with Crippen LogP contribution in [0.1, 0.15) is 99.8 Å². The van der Waals surface area contributed by atoms with E-state index in [1.54, 1.807) is 16.7 Å². The minimum absolute atomic E-state index is 0.0632. The molecule has 0 aliphatic heterocycles. The maximum Gasteiger partial charge on any atom is 0.137 e. The van der Waals surface area contributed by atoms with Gasteiger partial charge in [0.1, 0.15) is 11.2 Å². The fourth-order valence-corrected chi connectivity index (χ4v) is 13.3. The van der Waals surface area contributed by atoms with Gasteiger partial charge in [0.15, 0.2) is 0 Å². The van der Waals surface area contributed by atoms with E-state index in [0.29, 0.717) is 11.8 Å². The van der Waals surface area contributed by atoms with Gasteiger partial charge in [0.2, 0.25) is 0 Å². The van der Waals surface area contributed by atoms with Crippen LogP contribution in [0, 0.1) is 17.8 Å². The van der Waals surface area contributed by atoms with Crippen LogP contribution >= 0.6 is 0 Å². The van der Waals surface area contributed by atoms with Crippen molar-refractivity contribution in [3.05, 3.63) is 150 Å². The molecule has 7 aromatic rings. The number of benzene rings is 6. The molecule has 272 valence electrons. The van der Waals surface area contributed by atoms with Crippen molar-refractivity contribution in [2.75, 3.05) is 4.90 Å². The van der Waals surface area contributed by atoms with E-state index in [4.69, 9.17) is 4.42 Å². The Kier molecular flexibility index (Phi) is 7.00. The van der Waals surface area contributed by atoms with Gasteiger partial charge < -0.3 is 9.32 Å². The second-order valence-corrected chi connectivity index (χ2v) is 17.7. The highest BCUT2D eigenvalue weighted by atomic mass is 16.3. The van der Waals surface area contributed by atoms with Crippen LogP contribution in [0.25, 0.3) is 44.2 Å². The van der Waals surface area contributed by atoms with Gasteiger partial charge in [0, 0.05) is 44.7 Å². The largest absolute Gasteiger partial charge is 0.456 e. The van der Waals surface area contributed by atoms with Crippen molar-refractivity contribution in [3.8, 4) is 22.3 Å². The molecule has 6 aromatic carbocycles. The van der Waals surface area contributed by atoms with E-state index in [1.807, 2.05) is 0 Å². The smallest absolute Gasteiger partial charge is 0.137 e. The molecule has 2 nitrogen and oxygen atoms in total. The van der Waals surface area contributed by atoms with Gasteiger partial charge >= 0.3 is 0 Å². The Balaban J connectivity index is 1.09. The number of hydrogen-bond acceptors (Lipinski definition) is 2. The topological polar surface area (TPSA) is 16.4 Å². The average molecular weight is 716 g/mol. The van der Waals surface area contributed by atoms with E-state index >= 15 is 0 Å². The Morgan fingerprint density at radius 3 is 2.00 bits per heavy atom. The van der Waals surface area contributed by atoms with Crippen molar-refractivity contribution < 1.29 is 4.42 Å². The highest BCUT2D eigenvalue weighted by Crippen LogP contribution is 2.65. The predicted molar refractivity (Wildman–Crippen MR) is 228 cm³/mol. The molecular formula is C53H49NO. The molecule has 3 fully saturated rings. The summed E-state index contributed by atoms with van der Waals surface area (Å²) in [4.78, 5) is 2.57. The molecule has 4 unspecified atom stereocenters. The lowest BCUT2D eigenvalue weighted by atomic mass is 9.50. The molecule has 1 heterocycles. The Labute approximate surface area is 325 Å². The van der Waals surface area contributed by atoms with Gasteiger partial charge in [0.05, 0.1) is 0 Å². The number of nitrogens with zero attached hydrogens (tertiary/aromatic N) is 1. The molecule has 2 bridgehead atoms. The van der Waals surface area contributed by atoms with E-state index < -0.39 is 0 Å². The molecule has 1 aromatic heterocycles. The van der Waals surface area contributed by atoms with Crippen molar-refractivity contribution in [2.24, 2.45) is 17.8 Å². The Morgan fingerprint density at radius 1 is 0.545 bits per heavy atom. The van der Waals surface area contributed by atoms with Gasteiger partial charge in [-0.1, -0.05) is 124 Å². The fraction of sp³-hybridized carbons (Fsp3) is 0.321. The maximum atomic E-state index is 6.57. The summed E-state index contributed by atoms with van der Waals surface area (Å²) in [5.74, 6) is 2.22. The van der Waals surface area contributed by atoms with Gasteiger partial charge in [-0.2, -0.15) is 0 Å². The molecule has 12 rings (SSSR count). The van der Waals surface area contributed by atoms with Gasteiger partial charge in [-0.25, -0.2) is 0 Å². The third kappa shape index (κ3) is 4.37. The quantitative estimate of drug-likeness (QED) is 0.180. The van der Waals surface area contributed by atoms with Crippen molar-refractivity contribution in [2.45, 2.75) is 88.4 Å². The lowest BCUT2D eigenvalue weighted by Gasteiger charge is -2.54. The highest BCUT2D eigenvalue weighted by molar-refractivity contribution is 6.06. The van der Waals surface area contributed by atoms with Gasteiger partial charge in [-0.3, -0.25) is 0 Å². The zero-order valence-corrected chi connectivity index (χ0v) is 32.0. The fourth-order valence-electron chi connectivity index (χ4n) is 13.3. The summed E-state index contributed by atoms with van der Waals surface area (Å²) in [6.07, 6.45) is 14.4. The highest BCUT2D eigenvalue weighted by Gasteiger charge is 2.56.